The molecule has 1 aliphatic heterocycles. The Balaban J connectivity index is 1.92. The van der Waals surface area contributed by atoms with Crippen LogP contribution >= 0.6 is 11.3 Å². The van der Waals surface area contributed by atoms with Crippen LogP contribution in [-0.2, 0) is 16.1 Å². The first-order valence-electron chi connectivity index (χ1n) is 6.49. The second-order valence-corrected chi connectivity index (χ2v) is 5.50. The molecule has 0 radical (unpaired) electrons. The van der Waals surface area contributed by atoms with E-state index in [-0.39, 0.29) is 5.69 Å². The Labute approximate surface area is 125 Å². The zero-order valence-electron chi connectivity index (χ0n) is 11.3. The fourth-order valence-electron chi connectivity index (χ4n) is 1.86. The summed E-state index contributed by atoms with van der Waals surface area (Å²) in [5, 5.41) is 22.3. The van der Waals surface area contributed by atoms with E-state index in [4.69, 9.17) is 14.9 Å². The third kappa shape index (κ3) is 4.46. The summed E-state index contributed by atoms with van der Waals surface area (Å²) in [5.41, 5.74) is 0.169. The number of hydrogen-bond donors (Lipinski definition) is 3. The van der Waals surface area contributed by atoms with E-state index >= 15 is 0 Å². The van der Waals surface area contributed by atoms with Crippen molar-refractivity contribution in [3.8, 4) is 0 Å². The first kappa shape index (κ1) is 15.8. The number of aromatic nitrogens is 1. The molecule has 1 aliphatic rings. The highest BCUT2D eigenvalue weighted by molar-refractivity contribution is 7.09. The van der Waals surface area contributed by atoms with Crippen LogP contribution in [-0.4, -0.2) is 70.9 Å². The third-order valence-electron chi connectivity index (χ3n) is 3.03. The molecule has 3 N–H and O–H groups in total. The molecule has 1 unspecified atom stereocenters. The maximum Gasteiger partial charge on any atom is 0.328 e. The fraction of sp³-hybridized carbons (Fsp3) is 0.583. The standard InChI is InChI=1S/C12H17N3O5S/c16-6-8(12(18)19)14-11(17)9-7-21-10(13-9)5-15-1-3-20-4-2-15/h7-8,16H,1-6H2,(H,14,17)(H,18,19). The van der Waals surface area contributed by atoms with E-state index in [1.165, 1.54) is 11.3 Å². The van der Waals surface area contributed by atoms with E-state index in [0.29, 0.717) is 19.8 Å². The summed E-state index contributed by atoms with van der Waals surface area (Å²) in [5.74, 6) is -1.88. The van der Waals surface area contributed by atoms with E-state index in [0.717, 1.165) is 18.1 Å². The maximum atomic E-state index is 11.8. The summed E-state index contributed by atoms with van der Waals surface area (Å²) in [6, 6.07) is -1.32. The lowest BCUT2D eigenvalue weighted by atomic mass is 10.3. The number of morpholine rings is 1. The van der Waals surface area contributed by atoms with E-state index < -0.39 is 24.5 Å². The van der Waals surface area contributed by atoms with Crippen LogP contribution in [0.25, 0.3) is 0 Å². The number of carboxylic acid groups (broad SMARTS) is 1. The topological polar surface area (TPSA) is 112 Å². The van der Waals surface area contributed by atoms with Gasteiger partial charge in [0, 0.05) is 18.5 Å². The molecule has 116 valence electrons. The SMILES string of the molecule is O=C(NC(CO)C(=O)O)c1csc(CN2CCOCC2)n1. The van der Waals surface area contributed by atoms with Crippen molar-refractivity contribution in [1.82, 2.24) is 15.2 Å². The van der Waals surface area contributed by atoms with Gasteiger partial charge in [-0.25, -0.2) is 9.78 Å². The molecule has 0 saturated carbocycles. The highest BCUT2D eigenvalue weighted by Crippen LogP contribution is 2.13. The molecule has 21 heavy (non-hydrogen) atoms. The molecular formula is C12H17N3O5S. The Kier molecular flexibility index (Phi) is 5.62. The molecule has 0 bridgehead atoms. The lowest BCUT2D eigenvalue weighted by Crippen LogP contribution is -2.43. The summed E-state index contributed by atoms with van der Waals surface area (Å²) in [7, 11) is 0. The number of thiazole rings is 1. The maximum absolute atomic E-state index is 11.8. The summed E-state index contributed by atoms with van der Waals surface area (Å²) < 4.78 is 5.26. The Hall–Kier alpha value is -1.55. The van der Waals surface area contributed by atoms with Gasteiger partial charge in [-0.15, -0.1) is 11.3 Å². The van der Waals surface area contributed by atoms with Crippen molar-refractivity contribution in [1.29, 1.82) is 0 Å². The number of carboxylic acids is 1. The second-order valence-electron chi connectivity index (χ2n) is 4.56. The Morgan fingerprint density at radius 3 is 2.81 bits per heavy atom. The molecule has 1 fully saturated rings. The van der Waals surface area contributed by atoms with Crippen molar-refractivity contribution in [2.45, 2.75) is 12.6 Å². The predicted molar refractivity (Wildman–Crippen MR) is 74.2 cm³/mol. The van der Waals surface area contributed by atoms with Crippen LogP contribution in [0.3, 0.4) is 0 Å². The number of aliphatic hydroxyl groups is 1. The number of nitrogens with one attached hydrogen (secondary N) is 1. The Morgan fingerprint density at radius 1 is 1.48 bits per heavy atom. The largest absolute Gasteiger partial charge is 0.480 e. The van der Waals surface area contributed by atoms with Gasteiger partial charge in [-0.3, -0.25) is 9.69 Å². The van der Waals surface area contributed by atoms with E-state index in [9.17, 15) is 9.59 Å². The molecule has 0 spiro atoms. The minimum Gasteiger partial charge on any atom is -0.480 e. The summed E-state index contributed by atoms with van der Waals surface area (Å²) in [6.45, 7) is 3.01. The van der Waals surface area contributed by atoms with Gasteiger partial charge in [0.05, 0.1) is 26.4 Å². The van der Waals surface area contributed by atoms with Gasteiger partial charge < -0.3 is 20.3 Å². The molecule has 1 amide bonds. The van der Waals surface area contributed by atoms with Gasteiger partial charge in [-0.05, 0) is 0 Å². The van der Waals surface area contributed by atoms with Crippen molar-refractivity contribution >= 4 is 23.2 Å². The van der Waals surface area contributed by atoms with Crippen molar-refractivity contribution in [3.63, 3.8) is 0 Å². The minimum atomic E-state index is -1.32. The molecule has 1 atom stereocenters. The molecule has 1 aromatic heterocycles. The van der Waals surface area contributed by atoms with Crippen LogP contribution in [0.2, 0.25) is 0 Å². The highest BCUT2D eigenvalue weighted by atomic mass is 32.1. The Morgan fingerprint density at radius 2 is 2.19 bits per heavy atom. The van der Waals surface area contributed by atoms with Gasteiger partial charge in [0.1, 0.15) is 10.7 Å². The van der Waals surface area contributed by atoms with Gasteiger partial charge in [-0.2, -0.15) is 0 Å². The third-order valence-corrected chi connectivity index (χ3v) is 3.87. The fourth-order valence-corrected chi connectivity index (χ4v) is 2.67. The molecule has 1 aromatic rings. The van der Waals surface area contributed by atoms with Crippen molar-refractivity contribution in [2.24, 2.45) is 0 Å². The Bertz CT molecular complexity index is 501. The number of aliphatic hydroxyl groups excluding tert-OH is 1. The molecule has 2 heterocycles. The second kappa shape index (κ2) is 7.46. The molecule has 1 saturated heterocycles. The average molecular weight is 315 g/mol. The van der Waals surface area contributed by atoms with Crippen LogP contribution in [0.5, 0.6) is 0 Å². The zero-order chi connectivity index (χ0) is 15.2. The molecule has 0 aromatic carbocycles. The van der Waals surface area contributed by atoms with Crippen molar-refractivity contribution in [3.05, 3.63) is 16.1 Å². The van der Waals surface area contributed by atoms with E-state index in [1.54, 1.807) is 5.38 Å². The number of rotatable bonds is 6. The molecular weight excluding hydrogens is 298 g/mol. The molecule has 2 rings (SSSR count). The number of nitrogens with zero attached hydrogens (tertiary/aromatic N) is 2. The van der Waals surface area contributed by atoms with Crippen LogP contribution in [0.15, 0.2) is 5.38 Å². The first-order chi connectivity index (χ1) is 10.1. The number of hydrogen-bond acceptors (Lipinski definition) is 7. The van der Waals surface area contributed by atoms with Gasteiger partial charge in [0.2, 0.25) is 0 Å². The van der Waals surface area contributed by atoms with Gasteiger partial charge in [-0.1, -0.05) is 0 Å². The van der Waals surface area contributed by atoms with Gasteiger partial charge >= 0.3 is 5.97 Å². The summed E-state index contributed by atoms with van der Waals surface area (Å²) in [4.78, 5) is 29.0. The summed E-state index contributed by atoms with van der Waals surface area (Å²) in [6.07, 6.45) is 0. The van der Waals surface area contributed by atoms with Crippen LogP contribution in [0.4, 0.5) is 0 Å². The molecule has 0 aliphatic carbocycles. The lowest BCUT2D eigenvalue weighted by molar-refractivity contribution is -0.140. The number of carbonyl (C=O) groups excluding carboxylic acids is 1. The zero-order valence-corrected chi connectivity index (χ0v) is 12.1. The van der Waals surface area contributed by atoms with Gasteiger partial charge in [0.15, 0.2) is 6.04 Å². The van der Waals surface area contributed by atoms with Gasteiger partial charge in [0.25, 0.3) is 5.91 Å². The minimum absolute atomic E-state index is 0.169. The first-order valence-corrected chi connectivity index (χ1v) is 7.37. The summed E-state index contributed by atoms with van der Waals surface area (Å²) >= 11 is 1.35. The highest BCUT2D eigenvalue weighted by Gasteiger charge is 2.21. The monoisotopic (exact) mass is 315 g/mol. The molecule has 8 nitrogen and oxygen atoms in total. The van der Waals surface area contributed by atoms with Crippen LogP contribution < -0.4 is 5.32 Å². The lowest BCUT2D eigenvalue weighted by Gasteiger charge is -2.25. The number of ether oxygens (including phenoxy) is 1. The van der Waals surface area contributed by atoms with E-state index in [2.05, 4.69) is 15.2 Å². The van der Waals surface area contributed by atoms with E-state index in [1.807, 2.05) is 0 Å². The normalized spacial score (nSPS) is 17.4. The van der Waals surface area contributed by atoms with Crippen LogP contribution in [0, 0.1) is 0 Å². The van der Waals surface area contributed by atoms with Crippen molar-refractivity contribution in [2.75, 3.05) is 32.9 Å². The van der Waals surface area contributed by atoms with Crippen molar-refractivity contribution < 1.29 is 24.5 Å². The van der Waals surface area contributed by atoms with Crippen LogP contribution in [0.1, 0.15) is 15.5 Å². The number of carbonyl (C=O) groups is 2. The smallest absolute Gasteiger partial charge is 0.328 e. The number of amides is 1. The number of aliphatic carboxylic acids is 1. The molecule has 9 heteroatoms. The predicted octanol–water partition coefficient (Wildman–Crippen LogP) is -0.849. The quantitative estimate of drug-likeness (QED) is 0.627. The average Bonchev–Trinajstić information content (AvgIpc) is 2.94.